The van der Waals surface area contributed by atoms with Crippen LogP contribution >= 0.6 is 0 Å². The fourth-order valence-corrected chi connectivity index (χ4v) is 2.63. The van der Waals surface area contributed by atoms with E-state index < -0.39 is 11.7 Å². The summed E-state index contributed by atoms with van der Waals surface area (Å²) in [4.78, 5) is 16.6. The number of nitrogens with zero attached hydrogens (tertiary/aromatic N) is 1. The van der Waals surface area contributed by atoms with Crippen molar-refractivity contribution in [3.05, 3.63) is 95.2 Å². The van der Waals surface area contributed by atoms with Crippen LogP contribution in [0.4, 0.5) is 19.0 Å². The second kappa shape index (κ2) is 10.4. The molecule has 0 bridgehead atoms. The summed E-state index contributed by atoms with van der Waals surface area (Å²) >= 11 is 0. The van der Waals surface area contributed by atoms with Crippen molar-refractivity contribution in [1.82, 2.24) is 4.98 Å². The molecular formula is C23H23F3N2O. The van der Waals surface area contributed by atoms with Gasteiger partial charge in [-0.25, -0.2) is 4.98 Å². The first kappa shape index (κ1) is 22.1. The van der Waals surface area contributed by atoms with Gasteiger partial charge in [0, 0.05) is 24.7 Å². The van der Waals surface area contributed by atoms with E-state index in [-0.39, 0.29) is 17.8 Å². The van der Waals surface area contributed by atoms with Crippen LogP contribution in [0.25, 0.3) is 0 Å². The number of carbonyl (C=O) groups excluding carboxylic acids is 1. The molecule has 0 radical (unpaired) electrons. The van der Waals surface area contributed by atoms with Crippen molar-refractivity contribution in [3.63, 3.8) is 0 Å². The average molecular weight is 400 g/mol. The zero-order valence-corrected chi connectivity index (χ0v) is 16.3. The second-order valence-electron chi connectivity index (χ2n) is 6.07. The number of Topliss-reactive ketones (excluding diaryl/α,β-unsaturated/α-hetero) is 1. The third-order valence-corrected chi connectivity index (χ3v) is 4.02. The van der Waals surface area contributed by atoms with Crippen LogP contribution in [0.2, 0.25) is 0 Å². The average Bonchev–Trinajstić information content (AvgIpc) is 2.74. The number of pyridine rings is 1. The van der Waals surface area contributed by atoms with E-state index in [1.807, 2.05) is 44.2 Å². The quantitative estimate of drug-likeness (QED) is 0.504. The highest BCUT2D eigenvalue weighted by atomic mass is 19.4. The first-order valence-corrected chi connectivity index (χ1v) is 9.35. The molecule has 0 fully saturated rings. The van der Waals surface area contributed by atoms with Crippen LogP contribution in [0.5, 0.6) is 0 Å². The molecule has 0 atom stereocenters. The smallest absolute Gasteiger partial charge is 0.366 e. The molecule has 0 saturated carbocycles. The monoisotopic (exact) mass is 400 g/mol. The zero-order valence-electron chi connectivity index (χ0n) is 16.3. The van der Waals surface area contributed by atoms with Crippen molar-refractivity contribution in [3.8, 4) is 0 Å². The summed E-state index contributed by atoms with van der Waals surface area (Å²) in [5.74, 6) is 0.231. The maximum Gasteiger partial charge on any atom is 0.416 e. The minimum Gasteiger partial charge on any atom is -0.366 e. The Labute approximate surface area is 168 Å². The highest BCUT2D eigenvalue weighted by molar-refractivity contribution is 5.97. The van der Waals surface area contributed by atoms with E-state index in [4.69, 9.17) is 0 Å². The Morgan fingerprint density at radius 1 is 0.931 bits per heavy atom. The van der Waals surface area contributed by atoms with Gasteiger partial charge < -0.3 is 5.32 Å². The molecule has 6 heteroatoms. The number of halogens is 3. The Hall–Kier alpha value is -3.15. The van der Waals surface area contributed by atoms with E-state index >= 15 is 0 Å². The molecule has 1 heterocycles. The van der Waals surface area contributed by atoms with Crippen molar-refractivity contribution in [2.45, 2.75) is 33.0 Å². The lowest BCUT2D eigenvalue weighted by molar-refractivity contribution is -0.137. The molecule has 0 aliphatic heterocycles. The predicted octanol–water partition coefficient (Wildman–Crippen LogP) is 6.16. The molecule has 1 aromatic heterocycles. The standard InChI is InChI=1S/C21H17F3N2O.C2H6/c22-21(23,24)18-8-4-7-17(13-18)19(27)11-16-9-10-25-20(12-16)26-14-15-5-2-1-3-6-15;1-2/h1-10,12-13H,11,14H2,(H,25,26);1-2H3. The van der Waals surface area contributed by atoms with E-state index in [0.717, 1.165) is 17.7 Å². The van der Waals surface area contributed by atoms with Crippen molar-refractivity contribution < 1.29 is 18.0 Å². The highest BCUT2D eigenvalue weighted by Crippen LogP contribution is 2.29. The SMILES string of the molecule is CC.O=C(Cc1ccnc(NCc2ccccc2)c1)c1cccc(C(F)(F)F)c1. The van der Waals surface area contributed by atoms with Crippen molar-refractivity contribution >= 4 is 11.6 Å². The molecule has 152 valence electrons. The van der Waals surface area contributed by atoms with Gasteiger partial charge >= 0.3 is 6.18 Å². The Bertz CT molecular complexity index is 925. The molecule has 3 nitrogen and oxygen atoms in total. The third-order valence-electron chi connectivity index (χ3n) is 4.02. The van der Waals surface area contributed by atoms with Crippen molar-refractivity contribution in [2.75, 3.05) is 5.32 Å². The van der Waals surface area contributed by atoms with Gasteiger partial charge in [-0.05, 0) is 35.4 Å². The maximum atomic E-state index is 12.8. The fourth-order valence-electron chi connectivity index (χ4n) is 2.63. The van der Waals surface area contributed by atoms with Gasteiger partial charge in [0.05, 0.1) is 5.56 Å². The minimum atomic E-state index is -4.47. The van der Waals surface area contributed by atoms with Crippen LogP contribution in [0.1, 0.15) is 40.9 Å². The van der Waals surface area contributed by atoms with Crippen molar-refractivity contribution in [2.24, 2.45) is 0 Å². The molecule has 29 heavy (non-hydrogen) atoms. The molecule has 0 aliphatic rings. The predicted molar refractivity (Wildman–Crippen MR) is 109 cm³/mol. The number of anilines is 1. The zero-order chi connectivity index (χ0) is 21.3. The summed E-state index contributed by atoms with van der Waals surface area (Å²) in [6.45, 7) is 4.58. The summed E-state index contributed by atoms with van der Waals surface area (Å²) in [5, 5.41) is 3.17. The van der Waals surface area contributed by atoms with Crippen LogP contribution in [-0.4, -0.2) is 10.8 Å². The Kier molecular flexibility index (Phi) is 7.95. The summed E-state index contributed by atoms with van der Waals surface area (Å²) in [6.07, 6.45) is -2.90. The van der Waals surface area contributed by atoms with Crippen LogP contribution in [0, 0.1) is 0 Å². The van der Waals surface area contributed by atoms with Gasteiger partial charge in [-0.15, -0.1) is 0 Å². The number of rotatable bonds is 6. The molecule has 3 aromatic rings. The number of hydrogen-bond acceptors (Lipinski definition) is 3. The van der Waals surface area contributed by atoms with Crippen molar-refractivity contribution in [1.29, 1.82) is 0 Å². The fraction of sp³-hybridized carbons (Fsp3) is 0.217. The number of benzene rings is 2. The number of ketones is 1. The normalized spacial score (nSPS) is 10.7. The van der Waals surface area contributed by atoms with E-state index in [2.05, 4.69) is 10.3 Å². The third kappa shape index (κ3) is 6.75. The Balaban J connectivity index is 0.00000145. The van der Waals surface area contributed by atoms with Gasteiger partial charge in [-0.1, -0.05) is 56.3 Å². The highest BCUT2D eigenvalue weighted by Gasteiger charge is 2.30. The van der Waals surface area contributed by atoms with E-state index in [1.54, 1.807) is 18.3 Å². The lowest BCUT2D eigenvalue weighted by atomic mass is 10.0. The summed E-state index contributed by atoms with van der Waals surface area (Å²) in [7, 11) is 0. The molecule has 0 spiro atoms. The Morgan fingerprint density at radius 3 is 2.34 bits per heavy atom. The number of aromatic nitrogens is 1. The van der Waals surface area contributed by atoms with Gasteiger partial charge in [0.1, 0.15) is 5.82 Å². The molecule has 0 saturated heterocycles. The van der Waals surface area contributed by atoms with E-state index in [9.17, 15) is 18.0 Å². The van der Waals surface area contributed by atoms with Crippen LogP contribution in [0.3, 0.4) is 0 Å². The summed E-state index contributed by atoms with van der Waals surface area (Å²) in [5.41, 5.74) is 0.987. The number of nitrogens with one attached hydrogen (secondary N) is 1. The number of carbonyl (C=O) groups is 1. The number of alkyl halides is 3. The molecule has 0 unspecified atom stereocenters. The largest absolute Gasteiger partial charge is 0.416 e. The van der Waals surface area contributed by atoms with Gasteiger partial charge in [-0.3, -0.25) is 4.79 Å². The first-order chi connectivity index (χ1) is 13.9. The van der Waals surface area contributed by atoms with Gasteiger partial charge in [0.25, 0.3) is 0 Å². The molecular weight excluding hydrogens is 377 g/mol. The summed E-state index contributed by atoms with van der Waals surface area (Å²) < 4.78 is 38.4. The van der Waals surface area contributed by atoms with Gasteiger partial charge in [0.15, 0.2) is 5.78 Å². The molecule has 1 N–H and O–H groups in total. The van der Waals surface area contributed by atoms with E-state index in [0.29, 0.717) is 17.9 Å². The summed E-state index contributed by atoms with van der Waals surface area (Å²) in [6, 6.07) is 17.7. The molecule has 3 rings (SSSR count). The minimum absolute atomic E-state index is 0.00382. The maximum absolute atomic E-state index is 12.8. The van der Waals surface area contributed by atoms with E-state index in [1.165, 1.54) is 12.1 Å². The Morgan fingerprint density at radius 2 is 1.66 bits per heavy atom. The first-order valence-electron chi connectivity index (χ1n) is 9.35. The second-order valence-corrected chi connectivity index (χ2v) is 6.07. The topological polar surface area (TPSA) is 42.0 Å². The lowest BCUT2D eigenvalue weighted by Gasteiger charge is -2.09. The van der Waals surface area contributed by atoms with Gasteiger partial charge in [-0.2, -0.15) is 13.2 Å². The lowest BCUT2D eigenvalue weighted by Crippen LogP contribution is -2.09. The van der Waals surface area contributed by atoms with Crippen LogP contribution in [0.15, 0.2) is 72.9 Å². The number of hydrogen-bond donors (Lipinski definition) is 1. The van der Waals surface area contributed by atoms with Crippen LogP contribution < -0.4 is 5.32 Å². The molecule has 0 aliphatic carbocycles. The van der Waals surface area contributed by atoms with Gasteiger partial charge in [0.2, 0.25) is 0 Å². The molecule has 0 amide bonds. The van der Waals surface area contributed by atoms with Crippen LogP contribution in [-0.2, 0) is 19.1 Å². The molecule has 2 aromatic carbocycles.